The molecule has 170 valence electrons. The van der Waals surface area contributed by atoms with Crippen molar-refractivity contribution >= 4 is 0 Å². The van der Waals surface area contributed by atoms with Crippen molar-refractivity contribution in [2.24, 2.45) is 0 Å². The normalized spacial score (nSPS) is 12.0. The van der Waals surface area contributed by atoms with Gasteiger partial charge in [-0.25, -0.2) is 0 Å². The largest absolute Gasteiger partial charge is 0.327 e. The molecule has 0 saturated heterocycles. The van der Waals surface area contributed by atoms with Crippen LogP contribution in [-0.2, 0) is 0 Å². The van der Waals surface area contributed by atoms with Crippen LogP contribution in [0.4, 0.5) is 0 Å². The van der Waals surface area contributed by atoms with Crippen molar-refractivity contribution in [3.05, 3.63) is 0 Å². The van der Waals surface area contributed by atoms with E-state index in [1.54, 1.807) is 0 Å². The molecule has 0 amide bonds. The summed E-state index contributed by atoms with van der Waals surface area (Å²) < 4.78 is 1.26. The maximum atomic E-state index is 2.41. The molecule has 0 aliphatic heterocycles. The highest BCUT2D eigenvalue weighted by atomic mass is 15.3. The van der Waals surface area contributed by atoms with Crippen LogP contribution in [0.25, 0.3) is 0 Å². The Balaban J connectivity index is 3.11. The van der Waals surface area contributed by atoms with Crippen LogP contribution in [0.15, 0.2) is 0 Å². The van der Waals surface area contributed by atoms with Gasteiger partial charge < -0.3 is 4.48 Å². The van der Waals surface area contributed by atoms with E-state index in [4.69, 9.17) is 0 Å². The van der Waals surface area contributed by atoms with Gasteiger partial charge in [-0.3, -0.25) is 0 Å². The van der Waals surface area contributed by atoms with Crippen molar-refractivity contribution in [3.63, 3.8) is 0 Å². The number of unbranched alkanes of at least 4 members (excludes halogenated alkanes) is 19. The van der Waals surface area contributed by atoms with Gasteiger partial charge in [-0.05, 0) is 26.7 Å². The molecule has 0 aromatic carbocycles. The van der Waals surface area contributed by atoms with Crippen LogP contribution in [0.3, 0.4) is 0 Å². The molecule has 0 radical (unpaired) electrons. The lowest BCUT2D eigenvalue weighted by Gasteiger charge is -2.32. The van der Waals surface area contributed by atoms with E-state index in [1.165, 1.54) is 153 Å². The monoisotopic (exact) mass is 396 g/mol. The smallest absolute Gasteiger partial charge is 0.0784 e. The van der Waals surface area contributed by atoms with E-state index in [9.17, 15) is 0 Å². The fourth-order valence-corrected chi connectivity index (χ4v) is 4.29. The Morgan fingerprint density at radius 3 is 0.857 bits per heavy atom. The molecule has 0 unspecified atom stereocenters. The topological polar surface area (TPSA) is 0 Å². The van der Waals surface area contributed by atoms with Crippen LogP contribution in [0, 0.1) is 0 Å². The van der Waals surface area contributed by atoms with Gasteiger partial charge in [-0.2, -0.15) is 0 Å². The second kappa shape index (κ2) is 21.7. The predicted octanol–water partition coefficient (Wildman–Crippen LogP) is 9.29. The van der Waals surface area contributed by atoms with Crippen molar-refractivity contribution in [2.45, 2.75) is 149 Å². The van der Waals surface area contributed by atoms with E-state index in [1.807, 2.05) is 0 Å². The first-order valence-corrected chi connectivity index (χ1v) is 13.5. The van der Waals surface area contributed by atoms with E-state index in [0.717, 1.165) is 0 Å². The highest BCUT2D eigenvalue weighted by Gasteiger charge is 2.14. The summed E-state index contributed by atoms with van der Waals surface area (Å²) in [5.41, 5.74) is 0. The first-order chi connectivity index (χ1) is 13.7. The summed E-state index contributed by atoms with van der Waals surface area (Å²) in [7, 11) is 2.41. The summed E-state index contributed by atoms with van der Waals surface area (Å²) in [6.45, 7) is 10.9. The quantitative estimate of drug-likeness (QED) is 0.119. The van der Waals surface area contributed by atoms with Gasteiger partial charge in [0.2, 0.25) is 0 Å². The van der Waals surface area contributed by atoms with Crippen molar-refractivity contribution in [1.29, 1.82) is 0 Å². The molecule has 0 aromatic heterocycles. The molecule has 0 aliphatic carbocycles. The first kappa shape index (κ1) is 28.0. The molecule has 0 rings (SSSR count). The lowest BCUT2D eigenvalue weighted by atomic mass is 10.0. The van der Waals surface area contributed by atoms with Crippen molar-refractivity contribution in [2.75, 3.05) is 26.7 Å². The Labute approximate surface area is 180 Å². The van der Waals surface area contributed by atoms with Crippen molar-refractivity contribution in [1.82, 2.24) is 0 Å². The van der Waals surface area contributed by atoms with E-state index >= 15 is 0 Å². The predicted molar refractivity (Wildman–Crippen MR) is 130 cm³/mol. The molecule has 0 atom stereocenters. The second-order valence-electron chi connectivity index (χ2n) is 9.69. The van der Waals surface area contributed by atoms with Crippen LogP contribution >= 0.6 is 0 Å². The molecular weight excluding hydrogens is 338 g/mol. The zero-order chi connectivity index (χ0) is 20.8. The molecule has 0 fully saturated rings. The molecule has 0 aliphatic rings. The maximum absolute atomic E-state index is 2.41. The molecule has 0 heterocycles. The molecule has 0 saturated carbocycles. The van der Waals surface area contributed by atoms with E-state index in [2.05, 4.69) is 27.8 Å². The number of hydrogen-bond acceptors (Lipinski definition) is 0. The minimum Gasteiger partial charge on any atom is -0.327 e. The summed E-state index contributed by atoms with van der Waals surface area (Å²) in [6.07, 6.45) is 29.4. The third kappa shape index (κ3) is 19.3. The number of hydrogen-bond donors (Lipinski definition) is 0. The Morgan fingerprint density at radius 1 is 0.357 bits per heavy atom. The van der Waals surface area contributed by atoms with Crippen molar-refractivity contribution in [3.8, 4) is 0 Å². The average molecular weight is 397 g/mol. The van der Waals surface area contributed by atoms with Crippen LogP contribution in [0.1, 0.15) is 149 Å². The minimum atomic E-state index is 1.26. The molecule has 1 heteroatoms. The maximum Gasteiger partial charge on any atom is 0.0784 e. The zero-order valence-electron chi connectivity index (χ0n) is 20.7. The third-order valence-corrected chi connectivity index (χ3v) is 7.08. The Hall–Kier alpha value is -0.0400. The molecular formula is C27H58N+. The second-order valence-corrected chi connectivity index (χ2v) is 9.69. The van der Waals surface area contributed by atoms with Gasteiger partial charge in [0, 0.05) is 0 Å². The lowest BCUT2D eigenvalue weighted by Crippen LogP contribution is -2.44. The van der Waals surface area contributed by atoms with Gasteiger partial charge in [-0.1, -0.05) is 122 Å². The van der Waals surface area contributed by atoms with Crippen molar-refractivity contribution < 1.29 is 4.48 Å². The van der Waals surface area contributed by atoms with Gasteiger partial charge in [0.25, 0.3) is 0 Å². The van der Waals surface area contributed by atoms with Gasteiger partial charge in [0.1, 0.15) is 0 Å². The number of rotatable bonds is 23. The van der Waals surface area contributed by atoms with Gasteiger partial charge in [-0.15, -0.1) is 0 Å². The standard InChI is InChI=1S/C27H58N/c1-5-8-9-10-11-12-13-14-15-16-17-18-19-20-21-22-23-24-25-26-27-28(4,6-2)7-3/h5-27H2,1-4H3/q+1. The van der Waals surface area contributed by atoms with Crippen LogP contribution in [0.5, 0.6) is 0 Å². The lowest BCUT2D eigenvalue weighted by molar-refractivity contribution is -0.906. The SMILES string of the molecule is CCCCCCCCCCCCCCCCCCCCCC[N+](C)(CC)CC. The van der Waals surface area contributed by atoms with Crippen LogP contribution in [-0.4, -0.2) is 31.2 Å². The van der Waals surface area contributed by atoms with E-state index in [-0.39, 0.29) is 0 Å². The summed E-state index contributed by atoms with van der Waals surface area (Å²) in [4.78, 5) is 0. The fourth-order valence-electron chi connectivity index (χ4n) is 4.29. The average Bonchev–Trinajstić information content (AvgIpc) is 2.72. The summed E-state index contributed by atoms with van der Waals surface area (Å²) in [5, 5.41) is 0. The molecule has 28 heavy (non-hydrogen) atoms. The highest BCUT2D eigenvalue weighted by molar-refractivity contribution is 4.51. The van der Waals surface area contributed by atoms with E-state index < -0.39 is 0 Å². The Kier molecular flexibility index (Phi) is 21.6. The van der Waals surface area contributed by atoms with Crippen LogP contribution < -0.4 is 0 Å². The van der Waals surface area contributed by atoms with Gasteiger partial charge in [0.15, 0.2) is 0 Å². The van der Waals surface area contributed by atoms with Gasteiger partial charge in [0.05, 0.1) is 26.7 Å². The zero-order valence-corrected chi connectivity index (χ0v) is 20.7. The molecule has 0 aromatic rings. The minimum absolute atomic E-state index is 1.26. The summed E-state index contributed by atoms with van der Waals surface area (Å²) in [6, 6.07) is 0. The fraction of sp³-hybridized carbons (Fsp3) is 1.00. The summed E-state index contributed by atoms with van der Waals surface area (Å²) in [5.74, 6) is 0. The van der Waals surface area contributed by atoms with Crippen LogP contribution in [0.2, 0.25) is 0 Å². The van der Waals surface area contributed by atoms with E-state index in [0.29, 0.717) is 0 Å². The molecule has 0 bridgehead atoms. The number of quaternary nitrogens is 1. The first-order valence-electron chi connectivity index (χ1n) is 13.5. The third-order valence-electron chi connectivity index (χ3n) is 7.08. The molecule has 1 nitrogen and oxygen atoms in total. The Bertz CT molecular complexity index is 282. The van der Waals surface area contributed by atoms with Gasteiger partial charge >= 0.3 is 0 Å². The number of nitrogens with zero attached hydrogens (tertiary/aromatic N) is 1. The molecule has 0 N–H and O–H groups in total. The molecule has 0 spiro atoms. The Morgan fingerprint density at radius 2 is 0.607 bits per heavy atom. The summed E-state index contributed by atoms with van der Waals surface area (Å²) >= 11 is 0. The highest BCUT2D eigenvalue weighted by Crippen LogP contribution is 2.15.